The Morgan fingerprint density at radius 1 is 0.946 bits per heavy atom. The lowest BCUT2D eigenvalue weighted by Gasteiger charge is -2.22. The van der Waals surface area contributed by atoms with E-state index in [9.17, 15) is 13.6 Å². The van der Waals surface area contributed by atoms with Gasteiger partial charge >= 0.3 is 0 Å². The molecule has 0 saturated heterocycles. The van der Waals surface area contributed by atoms with E-state index in [0.717, 1.165) is 44.8 Å². The summed E-state index contributed by atoms with van der Waals surface area (Å²) in [5.41, 5.74) is 6.94. The summed E-state index contributed by atoms with van der Waals surface area (Å²) in [6, 6.07) is 20.7. The first-order valence-electron chi connectivity index (χ1n) is 12.2. The molecule has 0 radical (unpaired) electrons. The standard InChI is InChI=1S/C31H27F2N3O/c1-19-5-3-6-22(11-19)26-7-4-10-34-31(26)29(15-21-13-24(32)17-25(33)14-21)36-30(37)16-23-18-35-28-9-8-20(2)12-27(23)28/h3-14,17-18,29,35H,15-16H2,1-2H3,(H,36,37). The minimum atomic E-state index is -0.658. The summed E-state index contributed by atoms with van der Waals surface area (Å²) >= 11 is 0. The van der Waals surface area contributed by atoms with Gasteiger partial charge in [0.2, 0.25) is 5.91 Å². The number of nitrogens with zero attached hydrogens (tertiary/aromatic N) is 1. The predicted molar refractivity (Wildman–Crippen MR) is 142 cm³/mol. The molecule has 0 fully saturated rings. The van der Waals surface area contributed by atoms with E-state index in [-0.39, 0.29) is 18.7 Å². The lowest BCUT2D eigenvalue weighted by molar-refractivity contribution is -0.121. The van der Waals surface area contributed by atoms with Crippen molar-refractivity contribution in [1.29, 1.82) is 0 Å². The van der Waals surface area contributed by atoms with Crippen molar-refractivity contribution in [2.24, 2.45) is 0 Å². The maximum Gasteiger partial charge on any atom is 0.225 e. The van der Waals surface area contributed by atoms with E-state index < -0.39 is 17.7 Å². The third-order valence-electron chi connectivity index (χ3n) is 6.47. The second-order valence-electron chi connectivity index (χ2n) is 9.45. The Kier molecular flexibility index (Phi) is 6.82. The molecule has 5 rings (SSSR count). The van der Waals surface area contributed by atoms with Crippen molar-refractivity contribution < 1.29 is 13.6 Å². The number of fused-ring (bicyclic) bond motifs is 1. The zero-order valence-electron chi connectivity index (χ0n) is 20.7. The highest BCUT2D eigenvalue weighted by Gasteiger charge is 2.22. The van der Waals surface area contributed by atoms with Crippen LogP contribution >= 0.6 is 0 Å². The lowest BCUT2D eigenvalue weighted by atomic mass is 9.94. The number of amides is 1. The molecule has 0 aliphatic heterocycles. The highest BCUT2D eigenvalue weighted by molar-refractivity contribution is 5.89. The molecule has 3 aromatic carbocycles. The number of halogens is 2. The van der Waals surface area contributed by atoms with Gasteiger partial charge in [0.15, 0.2) is 0 Å². The number of carbonyl (C=O) groups excluding carboxylic acids is 1. The monoisotopic (exact) mass is 495 g/mol. The number of rotatable bonds is 7. The average Bonchev–Trinajstić information content (AvgIpc) is 3.24. The highest BCUT2D eigenvalue weighted by Crippen LogP contribution is 2.30. The van der Waals surface area contributed by atoms with Crippen LogP contribution in [0, 0.1) is 25.5 Å². The molecule has 0 saturated carbocycles. The van der Waals surface area contributed by atoms with Gasteiger partial charge in [0.05, 0.1) is 18.2 Å². The van der Waals surface area contributed by atoms with Crippen LogP contribution in [-0.2, 0) is 17.6 Å². The van der Waals surface area contributed by atoms with Crippen LogP contribution in [-0.4, -0.2) is 15.9 Å². The molecular formula is C31H27F2N3O. The summed E-state index contributed by atoms with van der Waals surface area (Å²) in [4.78, 5) is 21.2. The van der Waals surface area contributed by atoms with Crippen molar-refractivity contribution in [3.8, 4) is 11.1 Å². The smallest absolute Gasteiger partial charge is 0.225 e. The Hall–Kier alpha value is -4.32. The Morgan fingerprint density at radius 3 is 2.51 bits per heavy atom. The van der Waals surface area contributed by atoms with Gasteiger partial charge in [-0.1, -0.05) is 47.5 Å². The Bertz CT molecular complexity index is 1570. The first-order chi connectivity index (χ1) is 17.9. The summed E-state index contributed by atoms with van der Waals surface area (Å²) in [6.07, 6.45) is 3.86. The number of aromatic amines is 1. The number of pyridine rings is 1. The Morgan fingerprint density at radius 2 is 1.73 bits per heavy atom. The molecule has 5 aromatic rings. The predicted octanol–water partition coefficient (Wildman–Crippen LogP) is 6.77. The van der Waals surface area contributed by atoms with E-state index in [2.05, 4.69) is 27.4 Å². The van der Waals surface area contributed by atoms with E-state index in [1.165, 1.54) is 12.1 Å². The van der Waals surface area contributed by atoms with Crippen LogP contribution < -0.4 is 5.32 Å². The number of H-pyrrole nitrogens is 1. The van der Waals surface area contributed by atoms with Gasteiger partial charge in [-0.2, -0.15) is 0 Å². The lowest BCUT2D eigenvalue weighted by Crippen LogP contribution is -2.32. The number of nitrogens with one attached hydrogen (secondary N) is 2. The first-order valence-corrected chi connectivity index (χ1v) is 12.2. The van der Waals surface area contributed by atoms with Crippen molar-refractivity contribution in [3.63, 3.8) is 0 Å². The number of benzene rings is 3. The highest BCUT2D eigenvalue weighted by atomic mass is 19.1. The third-order valence-corrected chi connectivity index (χ3v) is 6.47. The fraction of sp³-hybridized carbons (Fsp3) is 0.161. The van der Waals surface area contributed by atoms with E-state index in [0.29, 0.717) is 11.3 Å². The van der Waals surface area contributed by atoms with Crippen LogP contribution in [0.25, 0.3) is 22.0 Å². The van der Waals surface area contributed by atoms with Gasteiger partial charge in [-0.05, 0) is 67.3 Å². The summed E-state index contributed by atoms with van der Waals surface area (Å²) in [5.74, 6) is -1.52. The molecular weight excluding hydrogens is 468 g/mol. The van der Waals surface area contributed by atoms with Gasteiger partial charge in [0.1, 0.15) is 11.6 Å². The summed E-state index contributed by atoms with van der Waals surface area (Å²) in [7, 11) is 0. The van der Waals surface area contributed by atoms with Crippen LogP contribution in [0.5, 0.6) is 0 Å². The second kappa shape index (κ2) is 10.3. The second-order valence-corrected chi connectivity index (χ2v) is 9.45. The van der Waals surface area contributed by atoms with Gasteiger partial charge in [-0.15, -0.1) is 0 Å². The molecule has 0 aliphatic rings. The third kappa shape index (κ3) is 5.59. The molecule has 186 valence electrons. The first kappa shape index (κ1) is 24.4. The largest absolute Gasteiger partial charge is 0.361 e. The van der Waals surface area contributed by atoms with Crippen LogP contribution in [0.15, 0.2) is 85.2 Å². The minimum absolute atomic E-state index is 0.157. The fourth-order valence-corrected chi connectivity index (χ4v) is 4.79. The van der Waals surface area contributed by atoms with Crippen molar-refractivity contribution in [2.45, 2.75) is 32.7 Å². The summed E-state index contributed by atoms with van der Waals surface area (Å²) in [6.45, 7) is 4.02. The molecule has 6 heteroatoms. The van der Waals surface area contributed by atoms with Gasteiger partial charge in [0.25, 0.3) is 0 Å². The minimum Gasteiger partial charge on any atom is -0.361 e. The molecule has 37 heavy (non-hydrogen) atoms. The maximum atomic E-state index is 14.0. The van der Waals surface area contributed by atoms with Crippen molar-refractivity contribution in [3.05, 3.63) is 125 Å². The summed E-state index contributed by atoms with van der Waals surface area (Å²) in [5, 5.41) is 4.10. The fourth-order valence-electron chi connectivity index (χ4n) is 4.79. The van der Waals surface area contributed by atoms with Gasteiger partial charge in [-0.25, -0.2) is 8.78 Å². The Labute approximate surface area is 214 Å². The van der Waals surface area contributed by atoms with Gasteiger partial charge in [-0.3, -0.25) is 9.78 Å². The van der Waals surface area contributed by atoms with Crippen LogP contribution in [0.2, 0.25) is 0 Å². The zero-order chi connectivity index (χ0) is 25.9. The maximum absolute atomic E-state index is 14.0. The normalized spacial score (nSPS) is 12.0. The van der Waals surface area contributed by atoms with Crippen LogP contribution in [0.1, 0.15) is 34.0 Å². The number of carbonyl (C=O) groups is 1. The van der Waals surface area contributed by atoms with Gasteiger partial charge < -0.3 is 10.3 Å². The van der Waals surface area contributed by atoms with E-state index in [1.54, 1.807) is 6.20 Å². The molecule has 1 atom stereocenters. The van der Waals surface area contributed by atoms with E-state index >= 15 is 0 Å². The zero-order valence-corrected chi connectivity index (χ0v) is 20.7. The molecule has 4 nitrogen and oxygen atoms in total. The van der Waals surface area contributed by atoms with Crippen LogP contribution in [0.3, 0.4) is 0 Å². The quantitative estimate of drug-likeness (QED) is 0.262. The van der Waals surface area contributed by atoms with Gasteiger partial charge in [0, 0.05) is 34.9 Å². The van der Waals surface area contributed by atoms with Crippen molar-refractivity contribution in [2.75, 3.05) is 0 Å². The number of aryl methyl sites for hydroxylation is 2. The molecule has 0 spiro atoms. The molecule has 0 aliphatic carbocycles. The average molecular weight is 496 g/mol. The number of hydrogen-bond acceptors (Lipinski definition) is 2. The molecule has 2 heterocycles. The van der Waals surface area contributed by atoms with Crippen LogP contribution in [0.4, 0.5) is 8.78 Å². The summed E-state index contributed by atoms with van der Waals surface area (Å²) < 4.78 is 28.0. The van der Waals surface area contributed by atoms with E-state index in [4.69, 9.17) is 0 Å². The van der Waals surface area contributed by atoms with E-state index in [1.807, 2.05) is 62.5 Å². The topological polar surface area (TPSA) is 57.8 Å². The number of aromatic nitrogens is 2. The van der Waals surface area contributed by atoms with Crippen molar-refractivity contribution in [1.82, 2.24) is 15.3 Å². The molecule has 1 unspecified atom stereocenters. The van der Waals surface area contributed by atoms with Crippen molar-refractivity contribution >= 4 is 16.8 Å². The Balaban J connectivity index is 1.50. The molecule has 1 amide bonds. The molecule has 2 N–H and O–H groups in total. The SMILES string of the molecule is Cc1cccc(-c2cccnc2C(Cc2cc(F)cc(F)c2)NC(=O)Cc2c[nH]c3ccc(C)cc23)c1. The molecule has 2 aromatic heterocycles. The number of hydrogen-bond donors (Lipinski definition) is 2. The molecule has 0 bridgehead atoms.